The zero-order chi connectivity index (χ0) is 14.6. The van der Waals surface area contributed by atoms with E-state index in [1.165, 1.54) is 16.4 Å². The number of hydrogen-bond donors (Lipinski definition) is 0. The lowest BCUT2D eigenvalue weighted by Gasteiger charge is -2.25. The summed E-state index contributed by atoms with van der Waals surface area (Å²) >= 11 is 8.70. The predicted molar refractivity (Wildman–Crippen MR) is 78.5 cm³/mol. The van der Waals surface area contributed by atoms with Gasteiger partial charge in [0.2, 0.25) is 10.0 Å². The van der Waals surface area contributed by atoms with Crippen molar-refractivity contribution in [2.75, 3.05) is 12.4 Å². The van der Waals surface area contributed by atoms with E-state index >= 15 is 0 Å². The quantitative estimate of drug-likeness (QED) is 0.715. The van der Waals surface area contributed by atoms with Crippen LogP contribution in [0.25, 0.3) is 0 Å². The average Bonchev–Trinajstić information content (AvgIpc) is 2.27. The predicted octanol–water partition coefficient (Wildman–Crippen LogP) is 3.62. The van der Waals surface area contributed by atoms with Gasteiger partial charge < -0.3 is 0 Å². The molecule has 0 atom stereocenters. The van der Waals surface area contributed by atoms with E-state index in [0.29, 0.717) is 16.8 Å². The van der Waals surface area contributed by atoms with Gasteiger partial charge in [-0.05, 0) is 38.5 Å². The topological polar surface area (TPSA) is 37.4 Å². The van der Waals surface area contributed by atoms with Crippen molar-refractivity contribution in [2.45, 2.75) is 31.2 Å². The van der Waals surface area contributed by atoms with Crippen LogP contribution in [0.5, 0.6) is 0 Å². The van der Waals surface area contributed by atoms with Crippen molar-refractivity contribution in [3.8, 4) is 0 Å². The zero-order valence-corrected chi connectivity index (χ0v) is 13.9. The van der Waals surface area contributed by atoms with Gasteiger partial charge in [-0.1, -0.05) is 15.9 Å². The second-order valence-electron chi connectivity index (χ2n) is 4.33. The first-order valence-electron chi connectivity index (χ1n) is 5.83. The first-order valence-corrected chi connectivity index (χ1v) is 8.60. The Balaban J connectivity index is 3.19. The van der Waals surface area contributed by atoms with Crippen molar-refractivity contribution in [2.24, 2.45) is 0 Å². The van der Waals surface area contributed by atoms with Gasteiger partial charge in [0.25, 0.3) is 0 Å². The van der Waals surface area contributed by atoms with Crippen LogP contribution in [0.2, 0.25) is 0 Å². The van der Waals surface area contributed by atoms with Gasteiger partial charge in [-0.3, -0.25) is 0 Å². The molecular weight excluding hydrogens is 357 g/mol. The highest BCUT2D eigenvalue weighted by atomic mass is 79.9. The van der Waals surface area contributed by atoms with Gasteiger partial charge in [0.05, 0.1) is 0 Å². The van der Waals surface area contributed by atoms with E-state index in [4.69, 9.17) is 11.6 Å². The first-order chi connectivity index (χ1) is 8.80. The standard InChI is InChI=1S/C12H16BrClFNO2S/c1-9(2)16(7-3-6-14)19(17,18)12-5-4-10(13)8-11(12)15/h4-5,8-9H,3,6-7H2,1-2H3. The van der Waals surface area contributed by atoms with E-state index in [0.717, 1.165) is 6.07 Å². The van der Waals surface area contributed by atoms with Gasteiger partial charge in [0, 0.05) is 22.9 Å². The van der Waals surface area contributed by atoms with Crippen LogP contribution in [0.4, 0.5) is 4.39 Å². The van der Waals surface area contributed by atoms with Crippen LogP contribution in [0, 0.1) is 5.82 Å². The number of nitrogens with zero attached hydrogens (tertiary/aromatic N) is 1. The molecule has 0 saturated carbocycles. The summed E-state index contributed by atoms with van der Waals surface area (Å²) in [6.45, 7) is 3.78. The van der Waals surface area contributed by atoms with E-state index in [9.17, 15) is 12.8 Å². The summed E-state index contributed by atoms with van der Waals surface area (Å²) < 4.78 is 40.5. The molecule has 19 heavy (non-hydrogen) atoms. The van der Waals surface area contributed by atoms with Crippen molar-refractivity contribution in [3.63, 3.8) is 0 Å². The molecule has 1 rings (SSSR count). The molecule has 0 bridgehead atoms. The molecule has 108 valence electrons. The van der Waals surface area contributed by atoms with E-state index in [1.54, 1.807) is 13.8 Å². The number of sulfonamides is 1. The Hall–Kier alpha value is -0.170. The minimum Gasteiger partial charge on any atom is -0.207 e. The largest absolute Gasteiger partial charge is 0.246 e. The molecule has 0 N–H and O–H groups in total. The third kappa shape index (κ3) is 4.15. The van der Waals surface area contributed by atoms with E-state index in [2.05, 4.69) is 15.9 Å². The van der Waals surface area contributed by atoms with E-state index in [-0.39, 0.29) is 17.5 Å². The van der Waals surface area contributed by atoms with Crippen molar-refractivity contribution >= 4 is 37.6 Å². The Morgan fingerprint density at radius 2 is 2.05 bits per heavy atom. The molecule has 0 saturated heterocycles. The summed E-state index contributed by atoms with van der Waals surface area (Å²) in [5.41, 5.74) is 0. The fourth-order valence-electron chi connectivity index (χ4n) is 1.68. The lowest BCUT2D eigenvalue weighted by atomic mass is 10.3. The molecule has 0 aliphatic carbocycles. The van der Waals surface area contributed by atoms with Crippen LogP contribution in [-0.4, -0.2) is 31.2 Å². The van der Waals surface area contributed by atoms with Crippen molar-refractivity contribution in [1.29, 1.82) is 0 Å². The summed E-state index contributed by atoms with van der Waals surface area (Å²) in [7, 11) is -3.84. The zero-order valence-electron chi connectivity index (χ0n) is 10.7. The molecule has 0 aliphatic rings. The van der Waals surface area contributed by atoms with Gasteiger partial charge in [-0.25, -0.2) is 12.8 Å². The van der Waals surface area contributed by atoms with Crippen LogP contribution in [-0.2, 0) is 10.0 Å². The van der Waals surface area contributed by atoms with E-state index < -0.39 is 15.8 Å². The highest BCUT2D eigenvalue weighted by Gasteiger charge is 2.29. The molecule has 7 heteroatoms. The molecule has 3 nitrogen and oxygen atoms in total. The lowest BCUT2D eigenvalue weighted by Crippen LogP contribution is -2.38. The minimum atomic E-state index is -3.84. The monoisotopic (exact) mass is 371 g/mol. The van der Waals surface area contributed by atoms with Crippen molar-refractivity contribution in [3.05, 3.63) is 28.5 Å². The third-order valence-electron chi connectivity index (χ3n) is 2.57. The molecule has 0 unspecified atom stereocenters. The molecular formula is C12H16BrClFNO2S. The summed E-state index contributed by atoms with van der Waals surface area (Å²) in [6.07, 6.45) is 0.525. The summed E-state index contributed by atoms with van der Waals surface area (Å²) in [4.78, 5) is -0.307. The lowest BCUT2D eigenvalue weighted by molar-refractivity contribution is 0.352. The number of hydrogen-bond acceptors (Lipinski definition) is 2. The molecule has 0 amide bonds. The van der Waals surface area contributed by atoms with Crippen molar-refractivity contribution < 1.29 is 12.8 Å². The maximum atomic E-state index is 13.8. The Morgan fingerprint density at radius 3 is 2.53 bits per heavy atom. The fourth-order valence-corrected chi connectivity index (χ4v) is 3.86. The van der Waals surface area contributed by atoms with Crippen LogP contribution < -0.4 is 0 Å². The first kappa shape index (κ1) is 16.9. The maximum absolute atomic E-state index is 13.8. The molecule has 0 radical (unpaired) electrons. The van der Waals surface area contributed by atoms with Gasteiger partial charge in [0.1, 0.15) is 10.7 Å². The Bertz CT molecular complexity index is 537. The van der Waals surface area contributed by atoms with Crippen LogP contribution >= 0.6 is 27.5 Å². The average molecular weight is 373 g/mol. The number of halogens is 3. The SMILES string of the molecule is CC(C)N(CCCCl)S(=O)(=O)c1ccc(Br)cc1F. The second kappa shape index (κ2) is 7.02. The Morgan fingerprint density at radius 1 is 1.42 bits per heavy atom. The fraction of sp³-hybridized carbons (Fsp3) is 0.500. The highest BCUT2D eigenvalue weighted by molar-refractivity contribution is 9.10. The van der Waals surface area contributed by atoms with Gasteiger partial charge >= 0.3 is 0 Å². The highest BCUT2D eigenvalue weighted by Crippen LogP contribution is 2.24. The number of alkyl halides is 1. The van der Waals surface area contributed by atoms with Crippen LogP contribution in [0.1, 0.15) is 20.3 Å². The Labute approximate surface area is 126 Å². The van der Waals surface area contributed by atoms with Crippen LogP contribution in [0.15, 0.2) is 27.6 Å². The second-order valence-corrected chi connectivity index (χ2v) is 7.48. The molecule has 0 spiro atoms. The number of rotatable bonds is 6. The van der Waals surface area contributed by atoms with Gasteiger partial charge in [0.15, 0.2) is 0 Å². The van der Waals surface area contributed by atoms with Gasteiger partial charge in [-0.15, -0.1) is 11.6 Å². The van der Waals surface area contributed by atoms with Gasteiger partial charge in [-0.2, -0.15) is 4.31 Å². The molecule has 0 heterocycles. The molecule has 0 aromatic heterocycles. The van der Waals surface area contributed by atoms with Crippen molar-refractivity contribution in [1.82, 2.24) is 4.31 Å². The third-order valence-corrected chi connectivity index (χ3v) is 5.44. The summed E-state index contributed by atoms with van der Waals surface area (Å²) in [5, 5.41) is 0. The normalized spacial score (nSPS) is 12.4. The molecule has 1 aromatic carbocycles. The molecule has 0 aliphatic heterocycles. The Kier molecular flexibility index (Phi) is 6.23. The summed E-state index contributed by atoms with van der Waals surface area (Å²) in [5.74, 6) is -0.396. The van der Waals surface area contributed by atoms with E-state index in [1.807, 2.05) is 0 Å². The summed E-state index contributed by atoms with van der Waals surface area (Å²) in [6, 6.07) is 3.67. The van der Waals surface area contributed by atoms with Crippen LogP contribution in [0.3, 0.4) is 0 Å². The molecule has 0 fully saturated rings. The minimum absolute atomic E-state index is 0.253. The number of benzene rings is 1. The molecule has 1 aromatic rings. The maximum Gasteiger partial charge on any atom is 0.246 e. The smallest absolute Gasteiger partial charge is 0.207 e.